The molecule has 0 amide bonds. The zero-order chi connectivity index (χ0) is 26.9. The Hall–Kier alpha value is -4.17. The standard InChI is InChI=1S/C30H30FN5O2/c1-30(2,3)23-9-6-20(7-10-23)27(38)11-8-19-4-5-21(14-25(19)31)28-24-15-26(35-29(24)33-18-32-28)22-16-34-36(17-22)12-13-37/h4-7,9-10,14-18,37H,8,11-13H2,1-3H3,(H,32,33,35). The second-order valence-electron chi connectivity index (χ2n) is 10.4. The number of aromatic amines is 1. The van der Waals surface area contributed by atoms with E-state index >= 15 is 4.39 Å². The number of hydrogen-bond acceptors (Lipinski definition) is 5. The van der Waals surface area contributed by atoms with Crippen LogP contribution in [0.3, 0.4) is 0 Å². The summed E-state index contributed by atoms with van der Waals surface area (Å²) in [5, 5.41) is 14.1. The number of rotatable bonds is 8. The van der Waals surface area contributed by atoms with E-state index in [9.17, 15) is 4.79 Å². The second kappa shape index (κ2) is 10.3. The molecule has 5 rings (SSSR count). The van der Waals surface area contributed by atoms with Gasteiger partial charge in [0.2, 0.25) is 0 Å². The molecule has 38 heavy (non-hydrogen) atoms. The van der Waals surface area contributed by atoms with E-state index in [1.165, 1.54) is 18.0 Å². The van der Waals surface area contributed by atoms with Gasteiger partial charge in [0.05, 0.1) is 30.7 Å². The van der Waals surface area contributed by atoms with Crippen LogP contribution in [0.5, 0.6) is 0 Å². The zero-order valence-corrected chi connectivity index (χ0v) is 21.7. The zero-order valence-electron chi connectivity index (χ0n) is 21.7. The lowest BCUT2D eigenvalue weighted by Gasteiger charge is -2.19. The molecular weight excluding hydrogens is 481 g/mol. The van der Waals surface area contributed by atoms with Crippen molar-refractivity contribution in [3.63, 3.8) is 0 Å². The van der Waals surface area contributed by atoms with E-state index in [1.54, 1.807) is 16.9 Å². The van der Waals surface area contributed by atoms with Gasteiger partial charge in [-0.05, 0) is 35.1 Å². The largest absolute Gasteiger partial charge is 0.394 e. The van der Waals surface area contributed by atoms with Crippen LogP contribution in [0.4, 0.5) is 4.39 Å². The van der Waals surface area contributed by atoms with Crippen molar-refractivity contribution in [1.82, 2.24) is 24.7 Å². The van der Waals surface area contributed by atoms with Gasteiger partial charge in [-0.25, -0.2) is 14.4 Å². The van der Waals surface area contributed by atoms with Gasteiger partial charge in [0.25, 0.3) is 0 Å². The third-order valence-electron chi connectivity index (χ3n) is 6.72. The SMILES string of the molecule is CC(C)(C)c1ccc(C(=O)CCc2ccc(-c3ncnc4[nH]c(-c5cnn(CCO)c5)cc34)cc2F)cc1. The molecule has 3 heterocycles. The van der Waals surface area contributed by atoms with E-state index in [0.29, 0.717) is 41.0 Å². The number of Topliss-reactive ketones (excluding diaryl/α,β-unsaturated/α-hetero) is 1. The molecule has 8 heteroatoms. The van der Waals surface area contributed by atoms with Crippen LogP contribution in [0.25, 0.3) is 33.5 Å². The molecule has 0 saturated carbocycles. The van der Waals surface area contributed by atoms with Crippen LogP contribution in [0, 0.1) is 5.82 Å². The highest BCUT2D eigenvalue weighted by molar-refractivity contribution is 5.96. The van der Waals surface area contributed by atoms with E-state index in [2.05, 4.69) is 40.8 Å². The Morgan fingerprint density at radius 3 is 2.55 bits per heavy atom. The number of H-pyrrole nitrogens is 1. The number of carbonyl (C=O) groups excluding carboxylic acids is 1. The number of aryl methyl sites for hydroxylation is 1. The molecule has 0 radical (unpaired) electrons. The smallest absolute Gasteiger partial charge is 0.163 e. The highest BCUT2D eigenvalue weighted by Crippen LogP contribution is 2.31. The van der Waals surface area contributed by atoms with Crippen molar-refractivity contribution in [3.05, 3.63) is 89.8 Å². The predicted molar refractivity (Wildman–Crippen MR) is 145 cm³/mol. The van der Waals surface area contributed by atoms with Crippen LogP contribution < -0.4 is 0 Å². The molecule has 0 saturated heterocycles. The van der Waals surface area contributed by atoms with E-state index in [0.717, 1.165) is 16.6 Å². The van der Waals surface area contributed by atoms with Crippen molar-refractivity contribution in [2.45, 2.75) is 45.6 Å². The van der Waals surface area contributed by atoms with Crippen LogP contribution in [0.15, 0.2) is 67.3 Å². The highest BCUT2D eigenvalue weighted by atomic mass is 19.1. The Labute approximate surface area is 220 Å². The van der Waals surface area contributed by atoms with Crippen molar-refractivity contribution >= 4 is 16.8 Å². The van der Waals surface area contributed by atoms with Crippen molar-refractivity contribution in [2.24, 2.45) is 0 Å². The van der Waals surface area contributed by atoms with Gasteiger partial charge < -0.3 is 10.1 Å². The van der Waals surface area contributed by atoms with Crippen molar-refractivity contribution in [3.8, 4) is 22.5 Å². The van der Waals surface area contributed by atoms with Gasteiger partial charge >= 0.3 is 0 Å². The van der Waals surface area contributed by atoms with Crippen LogP contribution in [-0.2, 0) is 18.4 Å². The van der Waals surface area contributed by atoms with Gasteiger partial charge in [0.15, 0.2) is 5.78 Å². The molecule has 2 N–H and O–H groups in total. The second-order valence-corrected chi connectivity index (χ2v) is 10.4. The minimum Gasteiger partial charge on any atom is -0.394 e. The number of hydrogen-bond donors (Lipinski definition) is 2. The first kappa shape index (κ1) is 25.5. The number of fused-ring (bicyclic) bond motifs is 1. The fourth-order valence-corrected chi connectivity index (χ4v) is 4.50. The van der Waals surface area contributed by atoms with Crippen molar-refractivity contribution < 1.29 is 14.3 Å². The number of nitrogens with zero attached hydrogens (tertiary/aromatic N) is 4. The summed E-state index contributed by atoms with van der Waals surface area (Å²) in [5.41, 5.74) is 5.85. The molecule has 2 aromatic carbocycles. The van der Waals surface area contributed by atoms with E-state index in [1.807, 2.05) is 42.6 Å². The Bertz CT molecular complexity index is 1600. The third-order valence-corrected chi connectivity index (χ3v) is 6.72. The summed E-state index contributed by atoms with van der Waals surface area (Å²) in [6.07, 6.45) is 5.54. The first-order chi connectivity index (χ1) is 18.2. The minimum absolute atomic E-state index is 0.00368. The Kier molecular flexibility index (Phi) is 6.91. The highest BCUT2D eigenvalue weighted by Gasteiger charge is 2.16. The molecule has 5 aromatic rings. The van der Waals surface area contributed by atoms with Crippen LogP contribution in [-0.4, -0.2) is 42.2 Å². The summed E-state index contributed by atoms with van der Waals surface area (Å²) in [6, 6.07) is 14.6. The summed E-state index contributed by atoms with van der Waals surface area (Å²) in [7, 11) is 0. The number of nitrogens with one attached hydrogen (secondary N) is 1. The average molecular weight is 512 g/mol. The first-order valence-electron chi connectivity index (χ1n) is 12.6. The lowest BCUT2D eigenvalue weighted by molar-refractivity contribution is 0.0982. The summed E-state index contributed by atoms with van der Waals surface area (Å²) >= 11 is 0. The van der Waals surface area contributed by atoms with Gasteiger partial charge in [0, 0.05) is 34.7 Å². The van der Waals surface area contributed by atoms with Gasteiger partial charge in [-0.15, -0.1) is 0 Å². The van der Waals surface area contributed by atoms with Gasteiger partial charge in [-0.1, -0.05) is 57.2 Å². The minimum atomic E-state index is -0.369. The molecule has 0 aliphatic rings. The van der Waals surface area contributed by atoms with Gasteiger partial charge in [-0.2, -0.15) is 5.10 Å². The number of aliphatic hydroxyl groups excluding tert-OH is 1. The molecule has 0 spiro atoms. The predicted octanol–water partition coefficient (Wildman–Crippen LogP) is 5.73. The molecular formula is C30H30FN5O2. The Morgan fingerprint density at radius 1 is 1.05 bits per heavy atom. The Morgan fingerprint density at radius 2 is 1.84 bits per heavy atom. The molecule has 194 valence electrons. The lowest BCUT2D eigenvalue weighted by Crippen LogP contribution is -2.11. The van der Waals surface area contributed by atoms with E-state index < -0.39 is 0 Å². The summed E-state index contributed by atoms with van der Waals surface area (Å²) in [5.74, 6) is -0.375. The Balaban J connectivity index is 1.33. The lowest BCUT2D eigenvalue weighted by atomic mass is 9.86. The fourth-order valence-electron chi connectivity index (χ4n) is 4.50. The first-order valence-corrected chi connectivity index (χ1v) is 12.6. The molecule has 7 nitrogen and oxygen atoms in total. The van der Waals surface area contributed by atoms with E-state index in [4.69, 9.17) is 5.11 Å². The number of aliphatic hydroxyl groups is 1. The fraction of sp³-hybridized carbons (Fsp3) is 0.267. The average Bonchev–Trinajstić information content (AvgIpc) is 3.54. The maximum absolute atomic E-state index is 15.1. The number of ketones is 1. The molecule has 0 atom stereocenters. The maximum Gasteiger partial charge on any atom is 0.163 e. The van der Waals surface area contributed by atoms with Gasteiger partial charge in [0.1, 0.15) is 17.8 Å². The molecule has 3 aromatic heterocycles. The van der Waals surface area contributed by atoms with Crippen LogP contribution >= 0.6 is 0 Å². The number of benzene rings is 2. The van der Waals surface area contributed by atoms with Crippen LogP contribution in [0.1, 0.15) is 48.7 Å². The molecule has 0 aliphatic carbocycles. The van der Waals surface area contributed by atoms with Gasteiger partial charge in [-0.3, -0.25) is 9.48 Å². The molecule has 0 unspecified atom stereocenters. The third kappa shape index (κ3) is 5.26. The number of halogens is 1. The van der Waals surface area contributed by atoms with Crippen molar-refractivity contribution in [2.75, 3.05) is 6.61 Å². The summed E-state index contributed by atoms with van der Waals surface area (Å²) in [6.45, 7) is 6.81. The quantitative estimate of drug-likeness (QED) is 0.259. The number of aromatic nitrogens is 5. The number of carbonyl (C=O) groups is 1. The monoisotopic (exact) mass is 511 g/mol. The summed E-state index contributed by atoms with van der Waals surface area (Å²) < 4.78 is 16.8. The summed E-state index contributed by atoms with van der Waals surface area (Å²) in [4.78, 5) is 24.7. The molecule has 0 fully saturated rings. The normalized spacial score (nSPS) is 11.8. The molecule has 0 bridgehead atoms. The maximum atomic E-state index is 15.1. The van der Waals surface area contributed by atoms with Crippen molar-refractivity contribution in [1.29, 1.82) is 0 Å². The topological polar surface area (TPSA) is 96.7 Å². The molecule has 0 aliphatic heterocycles. The van der Waals surface area contributed by atoms with E-state index in [-0.39, 0.29) is 30.0 Å². The van der Waals surface area contributed by atoms with Crippen LogP contribution in [0.2, 0.25) is 0 Å².